The van der Waals surface area contributed by atoms with E-state index >= 15 is 0 Å². The van der Waals surface area contributed by atoms with Crippen LogP contribution < -0.4 is 10.1 Å². The third kappa shape index (κ3) is 4.02. The van der Waals surface area contributed by atoms with E-state index < -0.39 is 5.97 Å². The number of benzene rings is 3. The molecule has 1 amide bonds. The number of rotatable bonds is 6. The summed E-state index contributed by atoms with van der Waals surface area (Å²) in [5.41, 5.74) is 2.19. The highest BCUT2D eigenvalue weighted by atomic mass is 16.5. The van der Waals surface area contributed by atoms with Crippen molar-refractivity contribution in [3.05, 3.63) is 89.6 Å². The summed E-state index contributed by atoms with van der Waals surface area (Å²) in [6.45, 7) is 3.86. The summed E-state index contributed by atoms with van der Waals surface area (Å²) in [5, 5.41) is 9.95. The number of hydrogen-bond acceptors (Lipinski definition) is 6. The number of anilines is 1. The molecule has 0 aliphatic heterocycles. The molecule has 0 saturated carbocycles. The molecular formula is C28H24N4O4. The van der Waals surface area contributed by atoms with E-state index in [1.807, 2.05) is 67.6 Å². The van der Waals surface area contributed by atoms with Crippen LogP contribution in [0.5, 0.6) is 5.75 Å². The number of carbonyl (C=O) groups excluding carboxylic acids is 2. The molecule has 0 fully saturated rings. The number of ether oxygens (including phenoxy) is 2. The van der Waals surface area contributed by atoms with Crippen LogP contribution >= 0.6 is 0 Å². The Bertz CT molecular complexity index is 1620. The minimum atomic E-state index is -0.591. The summed E-state index contributed by atoms with van der Waals surface area (Å²) in [7, 11) is 1.58. The number of hydrogen-bond donors (Lipinski definition) is 1. The molecule has 180 valence electrons. The molecule has 1 N–H and O–H groups in total. The first-order chi connectivity index (χ1) is 17.5. The van der Waals surface area contributed by atoms with Gasteiger partial charge in [0.2, 0.25) is 0 Å². The van der Waals surface area contributed by atoms with E-state index in [4.69, 9.17) is 14.5 Å². The van der Waals surface area contributed by atoms with Gasteiger partial charge in [0.25, 0.3) is 5.91 Å². The van der Waals surface area contributed by atoms with Crippen molar-refractivity contribution in [2.45, 2.75) is 13.8 Å². The van der Waals surface area contributed by atoms with Crippen molar-refractivity contribution in [2.75, 3.05) is 19.0 Å². The second-order valence-electron chi connectivity index (χ2n) is 8.17. The van der Waals surface area contributed by atoms with Gasteiger partial charge in [-0.25, -0.2) is 9.78 Å². The zero-order valence-electron chi connectivity index (χ0n) is 20.1. The fourth-order valence-corrected chi connectivity index (χ4v) is 4.25. The molecular weight excluding hydrogens is 456 g/mol. The molecule has 36 heavy (non-hydrogen) atoms. The van der Waals surface area contributed by atoms with E-state index in [1.54, 1.807) is 20.1 Å². The van der Waals surface area contributed by atoms with Crippen LogP contribution in [0.3, 0.4) is 0 Å². The minimum absolute atomic E-state index is 0.130. The lowest BCUT2D eigenvalue weighted by Crippen LogP contribution is -2.19. The maximum absolute atomic E-state index is 13.5. The van der Waals surface area contributed by atoms with Crippen molar-refractivity contribution in [2.24, 2.45) is 0 Å². The smallest absolute Gasteiger partial charge is 0.343 e. The maximum Gasteiger partial charge on any atom is 0.343 e. The topological polar surface area (TPSA) is 95.3 Å². The van der Waals surface area contributed by atoms with Gasteiger partial charge in [-0.2, -0.15) is 9.78 Å². The van der Waals surface area contributed by atoms with E-state index in [9.17, 15) is 9.59 Å². The largest absolute Gasteiger partial charge is 0.494 e. The Kier molecular flexibility index (Phi) is 6.08. The zero-order chi connectivity index (χ0) is 25.2. The number of fused-ring (bicyclic) bond motifs is 2. The van der Waals surface area contributed by atoms with Gasteiger partial charge >= 0.3 is 5.97 Å². The highest BCUT2D eigenvalue weighted by Gasteiger charge is 2.24. The van der Waals surface area contributed by atoms with Gasteiger partial charge in [0.1, 0.15) is 16.8 Å². The summed E-state index contributed by atoms with van der Waals surface area (Å²) >= 11 is 0. The molecule has 5 rings (SSSR count). The molecule has 8 nitrogen and oxygen atoms in total. The molecule has 0 atom stereocenters. The summed E-state index contributed by atoms with van der Waals surface area (Å²) in [6.07, 6.45) is 1.38. The van der Waals surface area contributed by atoms with Crippen molar-refractivity contribution in [3.8, 4) is 11.6 Å². The highest BCUT2D eigenvalue weighted by molar-refractivity contribution is 6.14. The van der Waals surface area contributed by atoms with E-state index in [0.717, 1.165) is 21.7 Å². The van der Waals surface area contributed by atoms with Gasteiger partial charge in [-0.05, 0) is 48.4 Å². The van der Waals surface area contributed by atoms with Gasteiger partial charge in [-0.3, -0.25) is 4.79 Å². The quantitative estimate of drug-likeness (QED) is 0.331. The molecule has 5 aromatic rings. The van der Waals surface area contributed by atoms with Gasteiger partial charge in [0.05, 0.1) is 19.9 Å². The van der Waals surface area contributed by atoms with Crippen molar-refractivity contribution in [1.82, 2.24) is 14.8 Å². The van der Waals surface area contributed by atoms with Crippen molar-refractivity contribution >= 4 is 39.4 Å². The van der Waals surface area contributed by atoms with Crippen molar-refractivity contribution < 1.29 is 19.1 Å². The molecule has 0 bridgehead atoms. The SMILES string of the molecule is CCOC(=O)c1cnn(-c2cc(C)c3cccc(OC)c3n2)c1NC(=O)c1cccc2ccccc12. The van der Waals surface area contributed by atoms with Gasteiger partial charge in [-0.1, -0.05) is 48.5 Å². The summed E-state index contributed by atoms with van der Waals surface area (Å²) in [4.78, 5) is 31.0. The molecule has 0 unspecified atom stereocenters. The van der Waals surface area contributed by atoms with Crippen LogP contribution in [0.4, 0.5) is 5.82 Å². The van der Waals surface area contributed by atoms with E-state index in [-0.39, 0.29) is 23.9 Å². The van der Waals surface area contributed by atoms with Crippen LogP contribution in [0.2, 0.25) is 0 Å². The number of para-hydroxylation sites is 1. The molecule has 8 heteroatoms. The fraction of sp³-hybridized carbons (Fsp3) is 0.143. The average molecular weight is 481 g/mol. The molecule has 2 aromatic heterocycles. The van der Waals surface area contributed by atoms with E-state index in [2.05, 4.69) is 10.4 Å². The normalized spacial score (nSPS) is 11.0. The molecule has 0 saturated heterocycles. The van der Waals surface area contributed by atoms with Crippen LogP contribution in [0.25, 0.3) is 27.5 Å². The summed E-state index contributed by atoms with van der Waals surface area (Å²) in [5.74, 6) is 0.235. The Morgan fingerprint density at radius 3 is 2.53 bits per heavy atom. The standard InChI is InChI=1S/C28H24N4O4/c1-4-36-28(34)22-16-29-32(24-15-17(2)19-12-8-14-23(35-3)25(19)30-24)26(22)31-27(33)21-13-7-10-18-9-5-6-11-20(18)21/h5-16H,4H2,1-3H3,(H,31,33). The Morgan fingerprint density at radius 2 is 1.72 bits per heavy atom. The van der Waals surface area contributed by atoms with Gasteiger partial charge < -0.3 is 14.8 Å². The number of esters is 1. The number of nitrogens with one attached hydrogen (secondary N) is 1. The van der Waals surface area contributed by atoms with E-state index in [0.29, 0.717) is 22.6 Å². The first-order valence-electron chi connectivity index (χ1n) is 11.5. The summed E-state index contributed by atoms with van der Waals surface area (Å²) in [6, 6.07) is 20.7. The fourth-order valence-electron chi connectivity index (χ4n) is 4.25. The average Bonchev–Trinajstić information content (AvgIpc) is 3.31. The van der Waals surface area contributed by atoms with Crippen LogP contribution in [0.15, 0.2) is 72.9 Å². The lowest BCUT2D eigenvalue weighted by atomic mass is 10.0. The predicted molar refractivity (Wildman–Crippen MR) is 138 cm³/mol. The highest BCUT2D eigenvalue weighted by Crippen LogP contribution is 2.30. The van der Waals surface area contributed by atoms with Crippen LogP contribution in [-0.2, 0) is 4.74 Å². The van der Waals surface area contributed by atoms with Crippen LogP contribution in [0.1, 0.15) is 33.2 Å². The number of aryl methyl sites for hydroxylation is 1. The maximum atomic E-state index is 13.5. The Balaban J connectivity index is 1.65. The summed E-state index contributed by atoms with van der Waals surface area (Å²) < 4.78 is 12.2. The molecule has 0 aliphatic rings. The van der Waals surface area contributed by atoms with Crippen molar-refractivity contribution in [3.63, 3.8) is 0 Å². The third-order valence-electron chi connectivity index (χ3n) is 5.96. The molecule has 2 heterocycles. The van der Waals surface area contributed by atoms with Crippen LogP contribution in [0, 0.1) is 6.92 Å². The molecule has 0 radical (unpaired) electrons. The first kappa shape index (κ1) is 23.0. The van der Waals surface area contributed by atoms with Crippen molar-refractivity contribution in [1.29, 1.82) is 0 Å². The van der Waals surface area contributed by atoms with Gasteiger partial charge in [0.15, 0.2) is 11.6 Å². The van der Waals surface area contributed by atoms with Crippen LogP contribution in [-0.4, -0.2) is 40.4 Å². The Morgan fingerprint density at radius 1 is 0.972 bits per heavy atom. The minimum Gasteiger partial charge on any atom is -0.494 e. The Hall–Kier alpha value is -4.72. The molecule has 0 spiro atoms. The zero-order valence-corrected chi connectivity index (χ0v) is 20.1. The molecule has 3 aromatic carbocycles. The number of pyridine rings is 1. The van der Waals surface area contributed by atoms with E-state index in [1.165, 1.54) is 10.9 Å². The monoisotopic (exact) mass is 480 g/mol. The number of aromatic nitrogens is 3. The third-order valence-corrected chi connectivity index (χ3v) is 5.96. The Labute approximate surface area is 207 Å². The second-order valence-corrected chi connectivity index (χ2v) is 8.17. The number of carbonyl (C=O) groups is 2. The second kappa shape index (κ2) is 9.50. The van der Waals surface area contributed by atoms with Gasteiger partial charge in [0, 0.05) is 10.9 Å². The lowest BCUT2D eigenvalue weighted by Gasteiger charge is -2.14. The first-order valence-corrected chi connectivity index (χ1v) is 11.5. The number of nitrogens with zero attached hydrogens (tertiary/aromatic N) is 3. The predicted octanol–water partition coefficient (Wildman–Crippen LogP) is 5.32. The number of methoxy groups -OCH3 is 1. The molecule has 0 aliphatic carbocycles. The number of amides is 1. The van der Waals surface area contributed by atoms with Gasteiger partial charge in [-0.15, -0.1) is 0 Å². The lowest BCUT2D eigenvalue weighted by molar-refractivity contribution is 0.0527.